The molecule has 0 atom stereocenters. The molecule has 0 spiro atoms. The molecule has 0 unspecified atom stereocenters. The average molecular weight is 1880 g/mol. The molecule has 0 bridgehead atoms. The van der Waals surface area contributed by atoms with Gasteiger partial charge in [0.15, 0.2) is 52.4 Å². The van der Waals surface area contributed by atoms with E-state index in [4.69, 9.17) is 49.3 Å². The largest absolute Gasteiger partial charge is 0.456 e. The standard InChI is InChI=1S/C48H33N3.C46H31N3.C43H25N3O/c1-48(2)42-16-10-9-15-39(42)41-28-36-24-20-32-19-23-35-27-37(25-26-38(35)44(32)40(36)29-43(41)48)47-50-45(33-13-7-4-8-14-33)49-46(51-47)34-21-17-31(18-22-34)30-11-5-3-6-12-30;1-46(2)40-15-9-8-14-37(40)39-26-33-20-18-29-17-19-32-25-35(22-23-36(32)42(29)38(33)27-41(39)46)45-48-43(30-11-4-3-5-12-30)47-44(49-45)34-21-16-28-10-6-7-13-31(28)24-34;1-2-9-28(10-3-1)41-44-42(32-19-14-26-8-4-5-11-29(26)22-32)46-43(45-41)33-20-21-34-30(23-33)17-15-27-16-18-31-24-39-37(25-36(31)40(27)34)35-12-6-7-13-38(35)47-39/h3-29H,1-2H3;3-27H,1-2H3;1-25H. The molecule has 0 amide bonds. The Bertz CT molecular complexity index is 10300. The van der Waals surface area contributed by atoms with E-state index in [1.807, 2.05) is 84.9 Å². The van der Waals surface area contributed by atoms with Crippen LogP contribution in [0.3, 0.4) is 0 Å². The number of nitrogens with zero attached hydrogens (tertiary/aromatic N) is 9. The van der Waals surface area contributed by atoms with Gasteiger partial charge in [0.2, 0.25) is 0 Å². The normalized spacial score (nSPS) is 12.7. The molecule has 30 rings (SSSR count). The molecule has 0 fully saturated rings. The molecular weight excluding hydrogens is 1790 g/mol. The fourth-order valence-electron chi connectivity index (χ4n) is 22.8. The summed E-state index contributed by atoms with van der Waals surface area (Å²) in [4.78, 5) is 45.2. The van der Waals surface area contributed by atoms with Crippen LogP contribution in [0.15, 0.2) is 472 Å². The number of aromatic nitrogens is 9. The summed E-state index contributed by atoms with van der Waals surface area (Å²) in [5, 5.41) is 29.0. The molecular formula is C137H89N9O. The minimum absolute atomic E-state index is 0.0576. The number of hydrogen-bond donors (Lipinski definition) is 0. The van der Waals surface area contributed by atoms with Crippen LogP contribution in [0.1, 0.15) is 49.9 Å². The molecule has 24 aromatic carbocycles. The predicted octanol–water partition coefficient (Wildman–Crippen LogP) is 35.5. The van der Waals surface area contributed by atoms with Crippen molar-refractivity contribution in [2.75, 3.05) is 0 Å². The first kappa shape index (κ1) is 85.9. The predicted molar refractivity (Wildman–Crippen MR) is 609 cm³/mol. The number of hydrogen-bond acceptors (Lipinski definition) is 10. The van der Waals surface area contributed by atoms with Gasteiger partial charge in [-0.2, -0.15) is 0 Å². The summed E-state index contributed by atoms with van der Waals surface area (Å²) in [7, 11) is 0. The molecule has 0 N–H and O–H groups in total. The van der Waals surface area contributed by atoms with E-state index in [0.29, 0.717) is 52.4 Å². The second-order valence-corrected chi connectivity index (χ2v) is 39.8. The quantitative estimate of drug-likeness (QED) is 0.122. The van der Waals surface area contributed by atoms with Crippen LogP contribution in [0.4, 0.5) is 0 Å². The monoisotopic (exact) mass is 1880 g/mol. The van der Waals surface area contributed by atoms with Crippen LogP contribution in [-0.2, 0) is 10.8 Å². The van der Waals surface area contributed by atoms with Gasteiger partial charge in [-0.25, -0.2) is 44.9 Å². The van der Waals surface area contributed by atoms with Gasteiger partial charge in [0.1, 0.15) is 11.2 Å². The Balaban J connectivity index is 0.000000107. The Labute approximate surface area is 847 Å². The van der Waals surface area contributed by atoms with E-state index in [0.717, 1.165) is 110 Å². The molecule has 147 heavy (non-hydrogen) atoms. The molecule has 2 aliphatic carbocycles. The lowest BCUT2D eigenvalue weighted by atomic mass is 9.81. The van der Waals surface area contributed by atoms with Crippen LogP contribution in [-0.4, -0.2) is 44.9 Å². The lowest BCUT2D eigenvalue weighted by Gasteiger charge is -2.22. The van der Waals surface area contributed by atoms with E-state index in [9.17, 15) is 0 Å². The molecule has 0 saturated heterocycles. The summed E-state index contributed by atoms with van der Waals surface area (Å²) in [6.45, 7) is 9.40. The zero-order valence-electron chi connectivity index (χ0n) is 80.9. The van der Waals surface area contributed by atoms with Gasteiger partial charge in [0.25, 0.3) is 0 Å². The number of para-hydroxylation sites is 1. The van der Waals surface area contributed by atoms with Gasteiger partial charge in [-0.05, 0) is 247 Å². The third-order valence-corrected chi connectivity index (χ3v) is 30.4. The van der Waals surface area contributed by atoms with Crippen molar-refractivity contribution >= 4 is 140 Å². The SMILES string of the molecule is CC1(C)c2ccccc2-c2cc3ccc4ccc5cc(-c6nc(-c7ccccc7)nc(-c7ccc(-c8ccccc8)cc7)n6)ccc5c4c3cc21.CC1(C)c2ccccc2-c2cc3ccc4ccc5cc(-c6nc(-c7ccccc7)nc(-c7ccc8ccccc8c7)n6)ccc5c4c3cc21.c1ccc(-c2nc(-c3ccc4ccccc4c3)nc(-c3ccc4c(ccc5ccc6cc7oc8ccccc8c7cc6c54)c3)n2)cc1. The van der Waals surface area contributed by atoms with E-state index in [1.165, 1.54) is 136 Å². The van der Waals surface area contributed by atoms with Crippen LogP contribution in [0, 0.1) is 0 Å². The molecule has 2 aliphatic rings. The summed E-state index contributed by atoms with van der Waals surface area (Å²) in [6, 6.07) is 166. The molecule has 10 nitrogen and oxygen atoms in total. The van der Waals surface area contributed by atoms with Crippen LogP contribution < -0.4 is 0 Å². The van der Waals surface area contributed by atoms with Gasteiger partial charge in [-0.15, -0.1) is 0 Å². The Kier molecular flexibility index (Phi) is 20.1. The lowest BCUT2D eigenvalue weighted by molar-refractivity contribution is 0.661. The molecule has 4 heterocycles. The van der Waals surface area contributed by atoms with E-state index < -0.39 is 0 Å². The minimum atomic E-state index is -0.0608. The van der Waals surface area contributed by atoms with Crippen molar-refractivity contribution < 1.29 is 4.42 Å². The molecule has 0 aliphatic heterocycles. The van der Waals surface area contributed by atoms with Gasteiger partial charge >= 0.3 is 0 Å². The van der Waals surface area contributed by atoms with Crippen LogP contribution in [0.5, 0.6) is 0 Å². The maximum Gasteiger partial charge on any atom is 0.164 e. The van der Waals surface area contributed by atoms with Gasteiger partial charge < -0.3 is 4.42 Å². The third kappa shape index (κ3) is 14.9. The van der Waals surface area contributed by atoms with Gasteiger partial charge in [-0.1, -0.05) is 422 Å². The topological polar surface area (TPSA) is 129 Å². The smallest absolute Gasteiger partial charge is 0.164 e. The Morgan fingerprint density at radius 2 is 0.401 bits per heavy atom. The highest BCUT2D eigenvalue weighted by molar-refractivity contribution is 6.26. The van der Waals surface area contributed by atoms with Crippen LogP contribution in [0.2, 0.25) is 0 Å². The lowest BCUT2D eigenvalue weighted by Crippen LogP contribution is -2.14. The van der Waals surface area contributed by atoms with Crippen LogP contribution in [0.25, 0.3) is 276 Å². The van der Waals surface area contributed by atoms with E-state index in [-0.39, 0.29) is 10.8 Å². The summed E-state index contributed by atoms with van der Waals surface area (Å²) in [5.41, 5.74) is 23.6. The Morgan fingerprint density at radius 3 is 0.789 bits per heavy atom. The van der Waals surface area contributed by atoms with Crippen molar-refractivity contribution in [2.45, 2.75) is 38.5 Å². The first-order valence-electron chi connectivity index (χ1n) is 50.2. The van der Waals surface area contributed by atoms with Crippen molar-refractivity contribution in [1.29, 1.82) is 0 Å². The second-order valence-electron chi connectivity index (χ2n) is 39.8. The zero-order chi connectivity index (χ0) is 97.7. The average Bonchev–Trinajstić information content (AvgIpc) is 1.58. The van der Waals surface area contributed by atoms with Crippen LogP contribution >= 0.6 is 0 Å². The Hall–Kier alpha value is -19.0. The summed E-state index contributed by atoms with van der Waals surface area (Å²) < 4.78 is 6.21. The first-order chi connectivity index (χ1) is 72.3. The number of rotatable bonds is 10. The fraction of sp³-hybridized carbons (Fsp3) is 0.0438. The Morgan fingerprint density at radius 1 is 0.143 bits per heavy atom. The molecule has 4 aromatic heterocycles. The maximum atomic E-state index is 6.21. The molecule has 0 saturated carbocycles. The van der Waals surface area contributed by atoms with E-state index >= 15 is 0 Å². The van der Waals surface area contributed by atoms with Crippen molar-refractivity contribution in [2.24, 2.45) is 0 Å². The third-order valence-electron chi connectivity index (χ3n) is 30.4. The highest BCUT2D eigenvalue weighted by Gasteiger charge is 2.38. The first-order valence-corrected chi connectivity index (χ1v) is 50.2. The molecule has 28 aromatic rings. The molecule has 688 valence electrons. The second kappa shape index (κ2) is 34.4. The summed E-state index contributed by atoms with van der Waals surface area (Å²) >= 11 is 0. The van der Waals surface area contributed by atoms with Crippen molar-refractivity contribution in [3.8, 4) is 136 Å². The van der Waals surface area contributed by atoms with E-state index in [1.54, 1.807) is 0 Å². The van der Waals surface area contributed by atoms with Crippen molar-refractivity contribution in [3.05, 3.63) is 489 Å². The van der Waals surface area contributed by atoms with Crippen molar-refractivity contribution in [3.63, 3.8) is 0 Å². The van der Waals surface area contributed by atoms with Crippen molar-refractivity contribution in [1.82, 2.24) is 44.9 Å². The highest BCUT2D eigenvalue weighted by Crippen LogP contribution is 2.54. The van der Waals surface area contributed by atoms with Gasteiger partial charge in [0, 0.05) is 71.7 Å². The van der Waals surface area contributed by atoms with Gasteiger partial charge in [-0.3, -0.25) is 0 Å². The fourth-order valence-corrected chi connectivity index (χ4v) is 22.8. The number of benzene rings is 24. The summed E-state index contributed by atoms with van der Waals surface area (Å²) in [5.74, 6) is 5.91. The number of fused-ring (bicyclic) bond motifs is 26. The number of furan rings is 1. The van der Waals surface area contributed by atoms with E-state index in [2.05, 4.69) is 410 Å². The highest BCUT2D eigenvalue weighted by atomic mass is 16.3. The molecule has 10 heteroatoms. The molecule has 0 radical (unpaired) electrons. The zero-order valence-corrected chi connectivity index (χ0v) is 80.9. The summed E-state index contributed by atoms with van der Waals surface area (Å²) in [6.07, 6.45) is 0. The maximum absolute atomic E-state index is 6.21. The van der Waals surface area contributed by atoms with Gasteiger partial charge in [0.05, 0.1) is 0 Å². The minimum Gasteiger partial charge on any atom is -0.456 e.